The van der Waals surface area contributed by atoms with Gasteiger partial charge in [-0.15, -0.1) is 0 Å². The Hall–Kier alpha value is -1.25. The van der Waals surface area contributed by atoms with Crippen LogP contribution in [0.5, 0.6) is 0 Å². The first kappa shape index (κ1) is 19.8. The van der Waals surface area contributed by atoms with Crippen LogP contribution in [-0.4, -0.2) is 8.11 Å². The van der Waals surface area contributed by atoms with Gasteiger partial charge in [0.2, 0.25) is 0 Å². The van der Waals surface area contributed by atoms with E-state index in [9.17, 15) is 0 Å². The minimum absolute atomic E-state index is 0. The summed E-state index contributed by atoms with van der Waals surface area (Å²) in [6, 6.07) is 48.0. The number of hydrogen-bond donors (Lipinski definition) is 0. The van der Waals surface area contributed by atoms with Gasteiger partial charge in [-0.2, -0.15) is 0 Å². The second-order valence-corrected chi connectivity index (χ2v) is 44.6. The van der Waals surface area contributed by atoms with Gasteiger partial charge in [0.15, 0.2) is 0 Å². The van der Waals surface area contributed by atoms with E-state index in [1.54, 1.807) is 21.2 Å². The Kier molecular flexibility index (Phi) is 1.62. The topological polar surface area (TPSA) is 0 Å². The summed E-state index contributed by atoms with van der Waals surface area (Å²) >= 11 is 0. The van der Waals surface area contributed by atoms with Crippen molar-refractivity contribution in [1.82, 2.24) is 0 Å². The molecule has 0 nitrogen and oxygen atoms in total. The van der Waals surface area contributed by atoms with Gasteiger partial charge < -0.3 is 0 Å². The summed E-state index contributed by atoms with van der Waals surface area (Å²) in [6.07, 6.45) is 0. The molecule has 0 aliphatic carbocycles. The van der Waals surface area contributed by atoms with Crippen LogP contribution in [0.3, 0.4) is 0 Å². The van der Waals surface area contributed by atoms with Gasteiger partial charge in [0, 0.05) is 16.5 Å². The third-order valence-corrected chi connectivity index (χ3v) is 76.1. The fourth-order valence-electron chi connectivity index (χ4n) is 20.9. The average molecular weight is 613 g/mol. The summed E-state index contributed by atoms with van der Waals surface area (Å²) in [7, 11) is -0.505. The molecule has 14 rings (SSSR count). The van der Waals surface area contributed by atoms with Crippen molar-refractivity contribution >= 4 is 37.1 Å². The quantitative estimate of drug-likeness (QED) is 0.157. The predicted octanol–water partition coefficient (Wildman–Crippen LogP) is 7.45. The van der Waals surface area contributed by atoms with Crippen LogP contribution in [0, 0.1) is 0 Å². The van der Waals surface area contributed by atoms with Crippen molar-refractivity contribution in [3.63, 3.8) is 0 Å². The van der Waals surface area contributed by atoms with Gasteiger partial charge in [-0.3, -0.25) is 0 Å². The molecule has 0 bridgehead atoms. The van der Waals surface area contributed by atoms with Crippen molar-refractivity contribution in [1.29, 1.82) is 0 Å². The number of rotatable bonds is 6. The molecule has 10 aliphatic heterocycles. The minimum atomic E-state index is -3.82. The van der Waals surface area contributed by atoms with E-state index in [4.69, 9.17) is 0 Å². The standard InChI is InChI=1S/2C17H14P.Fe.Ni/c2*1-3-9-15(10-4-1)18(17-13-7-8-14-17)16-11-5-2-6-12-16;;/h2*1-14H;;. The predicted molar refractivity (Wildman–Crippen MR) is 154 cm³/mol. The molecule has 10 heterocycles. The molecule has 4 aromatic rings. The molecule has 10 aliphatic rings. The zero-order valence-corrected chi connectivity index (χ0v) is 24.6. The van der Waals surface area contributed by atoms with Crippen molar-refractivity contribution in [3.8, 4) is 0 Å². The first-order valence-corrected chi connectivity index (χ1v) is 23.0. The number of hydrogen-bond acceptors (Lipinski definition) is 0. The molecule has 0 aromatic heterocycles. The van der Waals surface area contributed by atoms with Gasteiger partial charge in [-0.25, -0.2) is 0 Å². The van der Waals surface area contributed by atoms with Crippen molar-refractivity contribution in [2.24, 2.45) is 0 Å². The molecule has 0 saturated carbocycles. The summed E-state index contributed by atoms with van der Waals surface area (Å²) < 4.78 is 1.60. The average Bonchev–Trinajstić information content (AvgIpc) is 3.92. The Morgan fingerprint density at radius 2 is 0.632 bits per heavy atom. The molecule has 10 saturated heterocycles. The van der Waals surface area contributed by atoms with Crippen molar-refractivity contribution in [2.45, 2.75) is 46.6 Å². The third kappa shape index (κ3) is 0.488. The van der Waals surface area contributed by atoms with E-state index in [0.29, 0.717) is 0 Å². The van der Waals surface area contributed by atoms with Gasteiger partial charge in [0.05, 0.1) is 0 Å². The monoisotopic (exact) mass is 612 g/mol. The SMILES string of the molecule is [Ni].c1ccc(P(c2ccccc2)[C]23[CH]4[CH]5[CH]6[CH]2[Fe]56432789[CH]3[CH]2[CH]7[C]8(P(c2ccccc2)c2ccccc2)[CH]39)cc1. The van der Waals surface area contributed by atoms with Crippen LogP contribution in [0.15, 0.2) is 121 Å². The normalized spacial score (nSPS) is 61.4. The van der Waals surface area contributed by atoms with Gasteiger partial charge >= 0.3 is 212 Å². The fourth-order valence-corrected chi connectivity index (χ4v) is 126. The molecule has 192 valence electrons. The first-order valence-electron chi connectivity index (χ1n) is 14.1. The van der Waals surface area contributed by atoms with Crippen molar-refractivity contribution in [3.05, 3.63) is 121 Å². The maximum absolute atomic E-state index is 3.82. The van der Waals surface area contributed by atoms with E-state index in [-0.39, 0.29) is 32.3 Å². The van der Waals surface area contributed by atoms with Crippen LogP contribution >= 0.6 is 15.8 Å². The zero-order valence-electron chi connectivity index (χ0n) is 20.7. The maximum atomic E-state index is 2.54. The molecule has 0 amide bonds. The summed E-state index contributed by atoms with van der Waals surface area (Å²) in [4.78, 5) is 10.1. The van der Waals surface area contributed by atoms with Crippen LogP contribution in [0.4, 0.5) is 0 Å². The van der Waals surface area contributed by atoms with Gasteiger partial charge in [0.1, 0.15) is 0 Å². The van der Waals surface area contributed by atoms with E-state index in [1.807, 2.05) is 0 Å². The van der Waals surface area contributed by atoms with Gasteiger partial charge in [-0.1, -0.05) is 0 Å². The van der Waals surface area contributed by atoms with Crippen LogP contribution in [0.25, 0.3) is 0 Å². The molecule has 1 spiro atoms. The third-order valence-electron chi connectivity index (χ3n) is 19.4. The second kappa shape index (κ2) is 3.11. The summed E-state index contributed by atoms with van der Waals surface area (Å²) in [5.74, 6) is 0. The molecule has 4 heteroatoms. The Labute approximate surface area is 226 Å². The zero-order chi connectivity index (χ0) is 23.5. The molecule has 0 N–H and O–H groups in total. The molecule has 0 radical (unpaired) electrons. The fraction of sp³-hybridized carbons (Fsp3) is 0.294. The molecule has 38 heavy (non-hydrogen) atoms. The van der Waals surface area contributed by atoms with E-state index in [2.05, 4.69) is 121 Å². The van der Waals surface area contributed by atoms with Crippen LogP contribution in [0.1, 0.15) is 0 Å². The Morgan fingerprint density at radius 1 is 0.395 bits per heavy atom. The molecule has 8 atom stereocenters. The second-order valence-electron chi connectivity index (χ2n) is 15.7. The molecule has 10 fully saturated rings. The van der Waals surface area contributed by atoms with Crippen molar-refractivity contribution < 1.29 is 23.0 Å². The van der Waals surface area contributed by atoms with Crippen molar-refractivity contribution in [2.75, 3.05) is 0 Å². The number of fused-ring (bicyclic) bond motifs is 10. The summed E-state index contributed by atoms with van der Waals surface area (Å²) in [5.41, 5.74) is 0. The Morgan fingerprint density at radius 3 is 0.842 bits per heavy atom. The molecule has 8 unspecified atom stereocenters. The van der Waals surface area contributed by atoms with E-state index in [1.165, 1.54) is 38.5 Å². The Balaban J connectivity index is 0.00000179. The van der Waals surface area contributed by atoms with Crippen LogP contribution in [0.2, 0.25) is 38.5 Å². The van der Waals surface area contributed by atoms with E-state index < -0.39 is 6.51 Å². The van der Waals surface area contributed by atoms with Crippen LogP contribution < -0.4 is 21.2 Å². The molecule has 4 aromatic carbocycles. The summed E-state index contributed by atoms with van der Waals surface area (Å²) in [6.45, 7) is -3.82. The van der Waals surface area contributed by atoms with Crippen LogP contribution in [-0.2, 0) is 23.0 Å². The first-order chi connectivity index (χ1) is 18.1. The number of benzene rings is 4. The molecular weight excluding hydrogens is 585 g/mol. The van der Waals surface area contributed by atoms with E-state index >= 15 is 0 Å². The van der Waals surface area contributed by atoms with Gasteiger partial charge in [0.25, 0.3) is 0 Å². The Bertz CT molecular complexity index is 1920. The summed E-state index contributed by atoms with van der Waals surface area (Å²) in [5, 5.41) is 6.87. The van der Waals surface area contributed by atoms with E-state index in [0.717, 1.165) is 8.11 Å². The molecular formula is C34H28FeNiP2. The van der Waals surface area contributed by atoms with Gasteiger partial charge in [-0.05, 0) is 0 Å².